The summed E-state index contributed by atoms with van der Waals surface area (Å²) in [4.78, 5) is 29.5. The molecule has 0 saturated carbocycles. The van der Waals surface area contributed by atoms with E-state index in [1.807, 2.05) is 13.8 Å². The average Bonchev–Trinajstić information content (AvgIpc) is 2.99. The summed E-state index contributed by atoms with van der Waals surface area (Å²) in [7, 11) is -3.47. The van der Waals surface area contributed by atoms with Crippen LogP contribution in [0.25, 0.3) is 0 Å². The van der Waals surface area contributed by atoms with E-state index in [1.165, 1.54) is 0 Å². The van der Waals surface area contributed by atoms with Gasteiger partial charge < -0.3 is 10.5 Å². The molecule has 1 aromatic carbocycles. The maximum Gasteiger partial charge on any atom is 0.322 e. The highest BCUT2D eigenvalue weighted by Gasteiger charge is 2.29. The fraction of sp³-hybridized carbons (Fsp3) is 0.353. The number of para-hydroxylation sites is 2. The van der Waals surface area contributed by atoms with Gasteiger partial charge in [-0.05, 0) is 18.1 Å². The number of hydrogen-bond acceptors (Lipinski definition) is 7. The highest BCUT2D eigenvalue weighted by molar-refractivity contribution is 7.88. The molecule has 0 aliphatic heterocycles. The molecule has 2 amide bonds. The number of anilines is 2. The lowest BCUT2D eigenvalue weighted by Crippen LogP contribution is -2.37. The molecule has 29 heavy (non-hydrogen) atoms. The number of nitrogens with one attached hydrogen (secondary N) is 1. The van der Waals surface area contributed by atoms with Gasteiger partial charge in [-0.25, -0.2) is 23.0 Å². The van der Waals surface area contributed by atoms with Crippen molar-refractivity contribution in [2.75, 3.05) is 17.8 Å². The number of benzene rings is 1. The molecule has 2 aromatic rings. The second kappa shape index (κ2) is 9.53. The van der Waals surface area contributed by atoms with Crippen LogP contribution in [0.3, 0.4) is 0 Å². The third-order valence-electron chi connectivity index (χ3n) is 3.42. The summed E-state index contributed by atoms with van der Waals surface area (Å²) in [5.41, 5.74) is 5.70. The zero-order chi connectivity index (χ0) is 21.8. The van der Waals surface area contributed by atoms with E-state index in [9.17, 15) is 18.0 Å². The number of sulfonamides is 1. The van der Waals surface area contributed by atoms with Crippen LogP contribution in [0, 0.1) is 5.92 Å². The Kier molecular flexibility index (Phi) is 7.58. The molecule has 0 fully saturated rings. The lowest BCUT2D eigenvalue weighted by atomic mass is 10.2. The fourth-order valence-electron chi connectivity index (χ4n) is 2.16. The van der Waals surface area contributed by atoms with Crippen LogP contribution in [0.2, 0.25) is 4.34 Å². The number of aromatic nitrogens is 1. The minimum absolute atomic E-state index is 0.0599. The van der Waals surface area contributed by atoms with E-state index in [1.54, 1.807) is 24.3 Å². The van der Waals surface area contributed by atoms with Crippen molar-refractivity contribution in [3.8, 4) is 5.75 Å². The summed E-state index contributed by atoms with van der Waals surface area (Å²) in [6.07, 6.45) is 0.999. The van der Waals surface area contributed by atoms with Gasteiger partial charge in [0.15, 0.2) is 5.13 Å². The highest BCUT2D eigenvalue weighted by Crippen LogP contribution is 2.39. The second-order valence-corrected chi connectivity index (χ2v) is 9.90. The van der Waals surface area contributed by atoms with Crippen molar-refractivity contribution in [1.82, 2.24) is 9.71 Å². The van der Waals surface area contributed by atoms with Crippen molar-refractivity contribution in [1.29, 1.82) is 0 Å². The number of thiazole rings is 1. The number of carbonyl (C=O) groups excluding carboxylic acids is 2. The quantitative estimate of drug-likeness (QED) is 0.579. The van der Waals surface area contributed by atoms with E-state index in [0.717, 1.165) is 22.5 Å². The highest BCUT2D eigenvalue weighted by atomic mass is 35.5. The standard InChI is InChI=1S/C17H21ClN4O5S2/c1-10(2)9-27-13-7-5-4-6-12(13)22(16(24)15(19)23)17-21-11(14(18)28-17)8-20-29(3,25)26/h4-7,10,20H,8-9H2,1-3H3,(H2,19,23). The molecule has 0 atom stereocenters. The predicted octanol–water partition coefficient (Wildman–Crippen LogP) is 2.03. The maximum absolute atomic E-state index is 12.6. The molecule has 0 unspecified atom stereocenters. The molecule has 0 saturated heterocycles. The van der Waals surface area contributed by atoms with E-state index < -0.39 is 21.8 Å². The third-order valence-corrected chi connectivity index (χ3v) is 5.41. The molecule has 3 N–H and O–H groups in total. The van der Waals surface area contributed by atoms with Gasteiger partial charge in [-0.1, -0.05) is 48.9 Å². The van der Waals surface area contributed by atoms with E-state index >= 15 is 0 Å². The molecule has 158 valence electrons. The monoisotopic (exact) mass is 460 g/mol. The number of halogens is 1. The number of nitrogens with two attached hydrogens (primary N) is 1. The van der Waals surface area contributed by atoms with Crippen molar-refractivity contribution in [2.24, 2.45) is 11.7 Å². The molecule has 9 nitrogen and oxygen atoms in total. The molecule has 1 aromatic heterocycles. The van der Waals surface area contributed by atoms with Crippen LogP contribution in [0.5, 0.6) is 5.75 Å². The summed E-state index contributed by atoms with van der Waals surface area (Å²) >= 11 is 7.08. The maximum atomic E-state index is 12.6. The summed E-state index contributed by atoms with van der Waals surface area (Å²) in [5, 5.41) is 0.0599. The van der Waals surface area contributed by atoms with Crippen molar-refractivity contribution < 1.29 is 22.7 Å². The Morgan fingerprint density at radius 2 is 2.00 bits per heavy atom. The van der Waals surface area contributed by atoms with E-state index in [4.69, 9.17) is 22.1 Å². The summed E-state index contributed by atoms with van der Waals surface area (Å²) in [5.74, 6) is -1.63. The first-order valence-electron chi connectivity index (χ1n) is 8.45. The normalized spacial score (nSPS) is 11.5. The van der Waals surface area contributed by atoms with Crippen molar-refractivity contribution in [2.45, 2.75) is 20.4 Å². The van der Waals surface area contributed by atoms with Crippen LogP contribution < -0.4 is 20.1 Å². The van der Waals surface area contributed by atoms with Gasteiger partial charge in [0.1, 0.15) is 10.1 Å². The smallest absolute Gasteiger partial charge is 0.322 e. The molecule has 1 heterocycles. The van der Waals surface area contributed by atoms with Gasteiger partial charge in [-0.15, -0.1) is 0 Å². The Labute approximate surface area is 177 Å². The Morgan fingerprint density at radius 3 is 2.59 bits per heavy atom. The molecule has 2 rings (SSSR count). The number of hydrogen-bond donors (Lipinski definition) is 2. The van der Waals surface area contributed by atoms with Gasteiger partial charge in [0.2, 0.25) is 10.0 Å². The lowest BCUT2D eigenvalue weighted by Gasteiger charge is -2.21. The SMILES string of the molecule is CC(C)COc1ccccc1N(C(=O)C(N)=O)c1nc(CNS(C)(=O)=O)c(Cl)s1. The van der Waals surface area contributed by atoms with E-state index in [-0.39, 0.29) is 33.3 Å². The van der Waals surface area contributed by atoms with Crippen LogP contribution in [-0.4, -0.2) is 38.1 Å². The van der Waals surface area contributed by atoms with Crippen LogP contribution in [-0.2, 0) is 26.2 Å². The Morgan fingerprint density at radius 1 is 1.34 bits per heavy atom. The zero-order valence-electron chi connectivity index (χ0n) is 16.0. The van der Waals surface area contributed by atoms with E-state index in [0.29, 0.717) is 12.4 Å². The topological polar surface area (TPSA) is 132 Å². The number of nitrogens with zero attached hydrogens (tertiary/aromatic N) is 2. The third kappa shape index (κ3) is 6.39. The Balaban J connectivity index is 2.49. The first-order chi connectivity index (χ1) is 13.5. The van der Waals surface area contributed by atoms with Crippen molar-refractivity contribution in [3.05, 3.63) is 34.3 Å². The van der Waals surface area contributed by atoms with Gasteiger partial charge in [0.05, 0.1) is 30.8 Å². The molecule has 0 radical (unpaired) electrons. The fourth-order valence-corrected chi connectivity index (χ4v) is 3.69. The number of rotatable bonds is 8. The molecule has 0 aliphatic carbocycles. The number of amides is 2. The number of primary amides is 1. The molecule has 0 bridgehead atoms. The van der Waals surface area contributed by atoms with Crippen molar-refractivity contribution >= 4 is 55.6 Å². The number of ether oxygens (including phenoxy) is 1. The largest absolute Gasteiger partial charge is 0.491 e. The van der Waals surface area contributed by atoms with Crippen LogP contribution in [0.15, 0.2) is 24.3 Å². The molecular weight excluding hydrogens is 440 g/mol. The number of carbonyl (C=O) groups is 2. The molecule has 0 aliphatic rings. The lowest BCUT2D eigenvalue weighted by molar-refractivity contribution is -0.135. The molecule has 0 spiro atoms. The second-order valence-electron chi connectivity index (χ2n) is 6.49. The minimum Gasteiger partial charge on any atom is -0.491 e. The van der Waals surface area contributed by atoms with Crippen LogP contribution >= 0.6 is 22.9 Å². The van der Waals surface area contributed by atoms with Gasteiger partial charge in [0, 0.05) is 0 Å². The summed E-state index contributed by atoms with van der Waals surface area (Å²) in [6.45, 7) is 4.16. The minimum atomic E-state index is -3.47. The first-order valence-corrected chi connectivity index (χ1v) is 11.5. The predicted molar refractivity (Wildman–Crippen MR) is 112 cm³/mol. The van der Waals surface area contributed by atoms with Crippen molar-refractivity contribution in [3.63, 3.8) is 0 Å². The van der Waals surface area contributed by atoms with Crippen LogP contribution in [0.1, 0.15) is 19.5 Å². The Hall–Kier alpha value is -2.21. The van der Waals surface area contributed by atoms with Gasteiger partial charge in [-0.3, -0.25) is 9.59 Å². The first kappa shape index (κ1) is 23.1. The zero-order valence-corrected chi connectivity index (χ0v) is 18.4. The summed E-state index contributed by atoms with van der Waals surface area (Å²) in [6, 6.07) is 6.63. The van der Waals surface area contributed by atoms with Gasteiger partial charge in [-0.2, -0.15) is 0 Å². The van der Waals surface area contributed by atoms with Crippen LogP contribution in [0.4, 0.5) is 10.8 Å². The molecular formula is C17H21ClN4O5S2. The molecule has 12 heteroatoms. The Bertz CT molecular complexity index is 1010. The van der Waals surface area contributed by atoms with Gasteiger partial charge >= 0.3 is 11.8 Å². The van der Waals surface area contributed by atoms with Gasteiger partial charge in [0.25, 0.3) is 0 Å². The summed E-state index contributed by atoms with van der Waals surface area (Å²) < 4.78 is 30.9. The average molecular weight is 461 g/mol. The van der Waals surface area contributed by atoms with E-state index in [2.05, 4.69) is 9.71 Å².